The first-order chi connectivity index (χ1) is 8.56. The minimum atomic E-state index is -0.815. The number of nitrogens with zero attached hydrogens (tertiary/aromatic N) is 1. The summed E-state index contributed by atoms with van der Waals surface area (Å²) in [7, 11) is 0. The van der Waals surface area contributed by atoms with Gasteiger partial charge in [0, 0.05) is 12.7 Å². The maximum absolute atomic E-state index is 13.3. The molecule has 0 saturated heterocycles. The fourth-order valence-corrected chi connectivity index (χ4v) is 1.84. The molecule has 0 bridgehead atoms. The fourth-order valence-electron chi connectivity index (χ4n) is 1.84. The molecule has 2 N–H and O–H groups in total. The highest BCUT2D eigenvalue weighted by molar-refractivity contribution is 5.92. The molecule has 1 amide bonds. The predicted molar refractivity (Wildman–Crippen MR) is 68.3 cm³/mol. The predicted octanol–water partition coefficient (Wildman–Crippen LogP) is 1.87. The lowest BCUT2D eigenvalue weighted by atomic mass is 10.1. The molecular formula is C13H19FN2O2. The summed E-state index contributed by atoms with van der Waals surface area (Å²) in [5, 5.41) is 0. The highest BCUT2D eigenvalue weighted by atomic mass is 19.1. The second-order valence-electron chi connectivity index (χ2n) is 4.31. The fraction of sp³-hybridized carbons (Fsp3) is 0.538. The molecule has 0 fully saturated rings. The van der Waals surface area contributed by atoms with Gasteiger partial charge in [0.2, 0.25) is 0 Å². The van der Waals surface area contributed by atoms with Crippen LogP contribution in [-0.4, -0.2) is 16.6 Å². The lowest BCUT2D eigenvalue weighted by molar-refractivity contribution is 0.0998. The van der Waals surface area contributed by atoms with Gasteiger partial charge in [-0.2, -0.15) is 0 Å². The second-order valence-corrected chi connectivity index (χ2v) is 4.31. The van der Waals surface area contributed by atoms with E-state index in [1.807, 2.05) is 6.92 Å². The Morgan fingerprint density at radius 2 is 2.22 bits per heavy atom. The van der Waals surface area contributed by atoms with E-state index in [2.05, 4.69) is 0 Å². The lowest BCUT2D eigenvalue weighted by Gasteiger charge is -2.09. The van der Waals surface area contributed by atoms with E-state index in [9.17, 15) is 14.0 Å². The molecule has 0 saturated carbocycles. The van der Waals surface area contributed by atoms with E-state index in [4.69, 9.17) is 5.73 Å². The summed E-state index contributed by atoms with van der Waals surface area (Å²) in [6, 6.07) is 3.00. The van der Waals surface area contributed by atoms with Crippen molar-refractivity contribution in [1.82, 2.24) is 4.57 Å². The van der Waals surface area contributed by atoms with Crippen LogP contribution in [-0.2, 0) is 6.54 Å². The summed E-state index contributed by atoms with van der Waals surface area (Å²) < 4.78 is 14.7. The standard InChI is InChI=1S/C13H19FN2O2/c1-2-5-10(14)6-3-8-16-9-4-7-11(12(15)17)13(16)18/h4,7,9-10H,2-3,5-6,8H2,1H3,(H2,15,17). The van der Waals surface area contributed by atoms with Crippen LogP contribution in [0.25, 0.3) is 0 Å². The first-order valence-corrected chi connectivity index (χ1v) is 6.19. The van der Waals surface area contributed by atoms with Gasteiger partial charge in [-0.15, -0.1) is 0 Å². The zero-order valence-corrected chi connectivity index (χ0v) is 10.6. The van der Waals surface area contributed by atoms with Gasteiger partial charge in [0.1, 0.15) is 11.7 Å². The summed E-state index contributed by atoms with van der Waals surface area (Å²) in [6.45, 7) is 2.34. The average molecular weight is 254 g/mol. The third kappa shape index (κ3) is 3.98. The molecule has 0 spiro atoms. The van der Waals surface area contributed by atoms with Gasteiger partial charge in [0.15, 0.2) is 0 Å². The van der Waals surface area contributed by atoms with Crippen molar-refractivity contribution in [3.63, 3.8) is 0 Å². The van der Waals surface area contributed by atoms with E-state index in [-0.39, 0.29) is 5.56 Å². The molecule has 1 heterocycles. The number of carbonyl (C=O) groups is 1. The number of amides is 1. The Morgan fingerprint density at radius 1 is 1.50 bits per heavy atom. The van der Waals surface area contributed by atoms with Crippen molar-refractivity contribution in [1.29, 1.82) is 0 Å². The van der Waals surface area contributed by atoms with E-state index in [1.54, 1.807) is 12.3 Å². The normalized spacial score (nSPS) is 12.3. The van der Waals surface area contributed by atoms with Gasteiger partial charge < -0.3 is 10.3 Å². The lowest BCUT2D eigenvalue weighted by Crippen LogP contribution is -2.29. The number of nitrogens with two attached hydrogens (primary N) is 1. The van der Waals surface area contributed by atoms with E-state index in [0.29, 0.717) is 25.8 Å². The Morgan fingerprint density at radius 3 is 2.83 bits per heavy atom. The van der Waals surface area contributed by atoms with Gasteiger partial charge in [0.25, 0.3) is 11.5 Å². The van der Waals surface area contributed by atoms with E-state index in [0.717, 1.165) is 6.42 Å². The van der Waals surface area contributed by atoms with E-state index < -0.39 is 17.6 Å². The molecule has 1 rings (SSSR count). The molecule has 0 radical (unpaired) electrons. The SMILES string of the molecule is CCCC(F)CCCn1cccc(C(N)=O)c1=O. The molecule has 1 aromatic rings. The first-order valence-electron chi connectivity index (χ1n) is 6.19. The Bertz CT molecular complexity index is 457. The van der Waals surface area contributed by atoms with Crippen molar-refractivity contribution < 1.29 is 9.18 Å². The van der Waals surface area contributed by atoms with Gasteiger partial charge in [0.05, 0.1) is 0 Å². The van der Waals surface area contributed by atoms with Gasteiger partial charge in [-0.1, -0.05) is 13.3 Å². The molecule has 5 heteroatoms. The number of hydrogen-bond donors (Lipinski definition) is 1. The van der Waals surface area contributed by atoms with Crippen LogP contribution in [0.2, 0.25) is 0 Å². The molecule has 0 aliphatic heterocycles. The third-order valence-corrected chi connectivity index (χ3v) is 2.80. The Kier molecular flexibility index (Phi) is 5.55. The maximum Gasteiger partial charge on any atom is 0.263 e. The number of carbonyl (C=O) groups excluding carboxylic acids is 1. The van der Waals surface area contributed by atoms with Gasteiger partial charge in [-0.05, 0) is 31.4 Å². The van der Waals surface area contributed by atoms with Gasteiger partial charge in [-0.25, -0.2) is 4.39 Å². The molecule has 4 nitrogen and oxygen atoms in total. The molecule has 1 atom stereocenters. The van der Waals surface area contributed by atoms with Gasteiger partial charge in [-0.3, -0.25) is 9.59 Å². The highest BCUT2D eigenvalue weighted by Gasteiger charge is 2.09. The molecule has 18 heavy (non-hydrogen) atoms. The Hall–Kier alpha value is -1.65. The van der Waals surface area contributed by atoms with Crippen LogP contribution in [0.4, 0.5) is 4.39 Å². The van der Waals surface area contributed by atoms with Gasteiger partial charge >= 0.3 is 0 Å². The van der Waals surface area contributed by atoms with Crippen molar-refractivity contribution >= 4 is 5.91 Å². The average Bonchev–Trinajstić information content (AvgIpc) is 2.31. The molecule has 100 valence electrons. The van der Waals surface area contributed by atoms with Crippen LogP contribution in [0.15, 0.2) is 23.1 Å². The number of aryl methyl sites for hydroxylation is 1. The smallest absolute Gasteiger partial charge is 0.263 e. The molecule has 1 aromatic heterocycles. The Balaban J connectivity index is 2.61. The molecule has 1 unspecified atom stereocenters. The van der Waals surface area contributed by atoms with Crippen LogP contribution in [0.1, 0.15) is 43.0 Å². The molecular weight excluding hydrogens is 235 g/mol. The molecule has 0 aliphatic rings. The largest absolute Gasteiger partial charge is 0.365 e. The van der Waals surface area contributed by atoms with Crippen molar-refractivity contribution in [2.75, 3.05) is 0 Å². The van der Waals surface area contributed by atoms with Crippen molar-refractivity contribution in [2.45, 2.75) is 45.3 Å². The number of rotatable bonds is 7. The minimum absolute atomic E-state index is 0.0251. The number of aromatic nitrogens is 1. The second kappa shape index (κ2) is 6.93. The quantitative estimate of drug-likeness (QED) is 0.807. The van der Waals surface area contributed by atoms with Crippen LogP contribution in [0, 0.1) is 0 Å². The van der Waals surface area contributed by atoms with E-state index in [1.165, 1.54) is 10.6 Å². The summed E-state index contributed by atoms with van der Waals surface area (Å²) in [5.41, 5.74) is 4.66. The summed E-state index contributed by atoms with van der Waals surface area (Å²) in [4.78, 5) is 22.8. The van der Waals surface area contributed by atoms with Crippen LogP contribution in [0.5, 0.6) is 0 Å². The summed E-state index contributed by atoms with van der Waals surface area (Å²) in [6.07, 6.45) is 3.14. The first kappa shape index (κ1) is 14.4. The van der Waals surface area contributed by atoms with Crippen LogP contribution in [0.3, 0.4) is 0 Å². The minimum Gasteiger partial charge on any atom is -0.365 e. The number of halogens is 1. The molecule has 0 aliphatic carbocycles. The zero-order valence-electron chi connectivity index (χ0n) is 10.6. The summed E-state index contributed by atoms with van der Waals surface area (Å²) >= 11 is 0. The van der Waals surface area contributed by atoms with Crippen molar-refractivity contribution in [2.24, 2.45) is 5.73 Å². The van der Waals surface area contributed by atoms with Crippen molar-refractivity contribution in [3.05, 3.63) is 34.2 Å². The summed E-state index contributed by atoms with van der Waals surface area (Å²) in [5.74, 6) is -0.733. The monoisotopic (exact) mass is 254 g/mol. The Labute approximate surface area is 106 Å². The number of hydrogen-bond acceptors (Lipinski definition) is 2. The van der Waals surface area contributed by atoms with Crippen molar-refractivity contribution in [3.8, 4) is 0 Å². The number of alkyl halides is 1. The number of pyridine rings is 1. The number of primary amides is 1. The third-order valence-electron chi connectivity index (χ3n) is 2.80. The highest BCUT2D eigenvalue weighted by Crippen LogP contribution is 2.09. The molecule has 0 aromatic carbocycles. The zero-order chi connectivity index (χ0) is 13.5. The maximum atomic E-state index is 13.3. The van der Waals surface area contributed by atoms with Crippen LogP contribution < -0.4 is 11.3 Å². The van der Waals surface area contributed by atoms with E-state index >= 15 is 0 Å². The topological polar surface area (TPSA) is 65.1 Å². The van der Waals surface area contributed by atoms with Crippen LogP contribution >= 0.6 is 0 Å².